The Morgan fingerprint density at radius 2 is 2.06 bits per heavy atom. The Labute approximate surface area is 102 Å². The van der Waals surface area contributed by atoms with Gasteiger partial charge in [-0.05, 0) is 12.1 Å². The Morgan fingerprint density at radius 3 is 2.56 bits per heavy atom. The third-order valence-electron chi connectivity index (χ3n) is 2.68. The van der Waals surface area contributed by atoms with Gasteiger partial charge in [0.1, 0.15) is 0 Å². The van der Waals surface area contributed by atoms with Crippen LogP contribution in [0.4, 0.5) is 4.39 Å². The van der Waals surface area contributed by atoms with Gasteiger partial charge in [0.2, 0.25) is 0 Å². The molecule has 1 aromatic rings. The standard InChI is InChI=1S/C11H15BrFNO2/c1-11(2,5-15)10(14)8-6(12)3-4-7(13)9(8)16/h3-4,10,15-16H,5,14H2,1-2H3/t10-/m1/s1. The Bertz CT molecular complexity index is 396. The van der Waals surface area contributed by atoms with Crippen molar-refractivity contribution in [2.24, 2.45) is 11.1 Å². The van der Waals surface area contributed by atoms with Crippen molar-refractivity contribution in [2.75, 3.05) is 6.61 Å². The van der Waals surface area contributed by atoms with E-state index in [1.807, 2.05) is 0 Å². The van der Waals surface area contributed by atoms with E-state index < -0.39 is 23.0 Å². The maximum Gasteiger partial charge on any atom is 0.165 e. The second kappa shape index (κ2) is 4.69. The molecular weight excluding hydrogens is 277 g/mol. The molecule has 0 saturated heterocycles. The molecular formula is C11H15BrFNO2. The van der Waals surface area contributed by atoms with Gasteiger partial charge in [0.05, 0.1) is 0 Å². The highest BCUT2D eigenvalue weighted by atomic mass is 79.9. The molecule has 0 aliphatic rings. The Morgan fingerprint density at radius 1 is 1.50 bits per heavy atom. The first-order valence-corrected chi connectivity index (χ1v) is 5.64. The number of benzene rings is 1. The first-order chi connectivity index (χ1) is 7.31. The molecule has 1 atom stereocenters. The van der Waals surface area contributed by atoms with E-state index in [4.69, 9.17) is 5.73 Å². The zero-order chi connectivity index (χ0) is 12.5. The van der Waals surface area contributed by atoms with Gasteiger partial charge >= 0.3 is 0 Å². The van der Waals surface area contributed by atoms with E-state index in [9.17, 15) is 14.6 Å². The number of aliphatic hydroxyl groups excluding tert-OH is 1. The van der Waals surface area contributed by atoms with E-state index in [-0.39, 0.29) is 12.2 Å². The van der Waals surface area contributed by atoms with Gasteiger partial charge in [-0.15, -0.1) is 0 Å². The maximum atomic E-state index is 13.2. The van der Waals surface area contributed by atoms with Gasteiger partial charge in [0.15, 0.2) is 11.6 Å². The summed E-state index contributed by atoms with van der Waals surface area (Å²) in [6.07, 6.45) is 0. The van der Waals surface area contributed by atoms with Crippen LogP contribution in [0, 0.1) is 11.2 Å². The van der Waals surface area contributed by atoms with E-state index >= 15 is 0 Å². The molecule has 5 heteroatoms. The average Bonchev–Trinajstić information content (AvgIpc) is 2.24. The lowest BCUT2D eigenvalue weighted by molar-refractivity contribution is 0.130. The van der Waals surface area contributed by atoms with Crippen molar-refractivity contribution in [1.82, 2.24) is 0 Å². The topological polar surface area (TPSA) is 66.5 Å². The summed E-state index contributed by atoms with van der Waals surface area (Å²) in [6, 6.07) is 1.97. The van der Waals surface area contributed by atoms with Gasteiger partial charge in [0.25, 0.3) is 0 Å². The fourth-order valence-corrected chi connectivity index (χ4v) is 1.91. The van der Waals surface area contributed by atoms with Gasteiger partial charge in [-0.1, -0.05) is 29.8 Å². The van der Waals surface area contributed by atoms with Gasteiger partial charge in [-0.3, -0.25) is 0 Å². The predicted octanol–water partition coefficient (Wildman–Crippen LogP) is 2.31. The molecule has 0 fully saturated rings. The van der Waals surface area contributed by atoms with E-state index in [1.54, 1.807) is 13.8 Å². The molecule has 16 heavy (non-hydrogen) atoms. The summed E-state index contributed by atoms with van der Waals surface area (Å²) in [4.78, 5) is 0. The average molecular weight is 292 g/mol. The molecule has 0 unspecified atom stereocenters. The second-order valence-corrected chi connectivity index (χ2v) is 5.27. The van der Waals surface area contributed by atoms with Crippen molar-refractivity contribution in [1.29, 1.82) is 0 Å². The SMILES string of the molecule is CC(C)(CO)[C@H](N)c1c(Br)ccc(F)c1O. The highest BCUT2D eigenvalue weighted by molar-refractivity contribution is 9.10. The largest absolute Gasteiger partial charge is 0.505 e. The summed E-state index contributed by atoms with van der Waals surface area (Å²) >= 11 is 3.22. The van der Waals surface area contributed by atoms with Crippen LogP contribution >= 0.6 is 15.9 Å². The molecule has 90 valence electrons. The fourth-order valence-electron chi connectivity index (χ4n) is 1.34. The van der Waals surface area contributed by atoms with Crippen LogP contribution in [-0.2, 0) is 0 Å². The lowest BCUT2D eigenvalue weighted by Gasteiger charge is -2.30. The van der Waals surface area contributed by atoms with E-state index in [0.717, 1.165) is 6.07 Å². The minimum absolute atomic E-state index is 0.156. The van der Waals surface area contributed by atoms with Crippen LogP contribution in [0.1, 0.15) is 25.5 Å². The van der Waals surface area contributed by atoms with Crippen LogP contribution in [0.15, 0.2) is 16.6 Å². The van der Waals surface area contributed by atoms with Gasteiger partial charge in [-0.25, -0.2) is 4.39 Å². The molecule has 1 aromatic carbocycles. The molecule has 0 aliphatic heterocycles. The number of halogens is 2. The predicted molar refractivity (Wildman–Crippen MR) is 63.6 cm³/mol. The minimum Gasteiger partial charge on any atom is -0.505 e. The molecule has 3 nitrogen and oxygen atoms in total. The summed E-state index contributed by atoms with van der Waals surface area (Å²) in [5, 5.41) is 18.8. The lowest BCUT2D eigenvalue weighted by Crippen LogP contribution is -2.32. The normalized spacial score (nSPS) is 13.9. The fraction of sp³-hybridized carbons (Fsp3) is 0.455. The summed E-state index contributed by atoms with van der Waals surface area (Å²) in [5.74, 6) is -1.19. The zero-order valence-corrected chi connectivity index (χ0v) is 10.8. The number of hydrogen-bond acceptors (Lipinski definition) is 3. The number of phenolic OH excluding ortho intramolecular Hbond substituents is 1. The van der Waals surface area contributed by atoms with Crippen LogP contribution in [0.5, 0.6) is 5.75 Å². The molecule has 1 rings (SSSR count). The van der Waals surface area contributed by atoms with E-state index in [1.165, 1.54) is 6.07 Å². The molecule has 0 bridgehead atoms. The summed E-state index contributed by atoms with van der Waals surface area (Å²) < 4.78 is 13.8. The van der Waals surface area contributed by atoms with Gasteiger partial charge in [0, 0.05) is 28.1 Å². The number of aromatic hydroxyl groups is 1. The molecule has 0 spiro atoms. The van der Waals surface area contributed by atoms with Crippen LogP contribution in [-0.4, -0.2) is 16.8 Å². The second-order valence-electron chi connectivity index (χ2n) is 4.42. The third-order valence-corrected chi connectivity index (χ3v) is 3.37. The van der Waals surface area contributed by atoms with Gasteiger partial charge in [-0.2, -0.15) is 0 Å². The number of rotatable bonds is 3. The highest BCUT2D eigenvalue weighted by Gasteiger charge is 2.31. The molecule has 0 amide bonds. The van der Waals surface area contributed by atoms with Crippen molar-refractivity contribution in [3.8, 4) is 5.75 Å². The highest BCUT2D eigenvalue weighted by Crippen LogP contribution is 2.40. The van der Waals surface area contributed by atoms with Crippen molar-refractivity contribution >= 4 is 15.9 Å². The lowest BCUT2D eigenvalue weighted by atomic mass is 9.81. The smallest absolute Gasteiger partial charge is 0.165 e. The van der Waals surface area contributed by atoms with Crippen LogP contribution in [0.2, 0.25) is 0 Å². The van der Waals surface area contributed by atoms with E-state index in [2.05, 4.69) is 15.9 Å². The maximum absolute atomic E-state index is 13.2. The van der Waals surface area contributed by atoms with Gasteiger partial charge < -0.3 is 15.9 Å². The molecule has 0 aliphatic carbocycles. The van der Waals surface area contributed by atoms with Crippen LogP contribution < -0.4 is 5.73 Å². The third kappa shape index (κ3) is 2.36. The summed E-state index contributed by atoms with van der Waals surface area (Å²) in [6.45, 7) is 3.33. The Kier molecular flexibility index (Phi) is 3.93. The van der Waals surface area contributed by atoms with Crippen molar-refractivity contribution in [2.45, 2.75) is 19.9 Å². The molecule has 0 heterocycles. The Hall–Kier alpha value is -0.650. The molecule has 0 saturated carbocycles. The number of aliphatic hydroxyl groups is 1. The number of hydrogen-bond donors (Lipinski definition) is 3. The summed E-state index contributed by atoms with van der Waals surface area (Å²) in [5.41, 5.74) is 5.57. The monoisotopic (exact) mass is 291 g/mol. The van der Waals surface area contributed by atoms with Crippen LogP contribution in [0.3, 0.4) is 0 Å². The molecule has 0 radical (unpaired) electrons. The van der Waals surface area contributed by atoms with E-state index in [0.29, 0.717) is 4.47 Å². The van der Waals surface area contributed by atoms with Crippen molar-refractivity contribution < 1.29 is 14.6 Å². The summed E-state index contributed by atoms with van der Waals surface area (Å²) in [7, 11) is 0. The first-order valence-electron chi connectivity index (χ1n) is 4.84. The first kappa shape index (κ1) is 13.4. The van der Waals surface area contributed by atoms with Crippen molar-refractivity contribution in [3.05, 3.63) is 28.0 Å². The van der Waals surface area contributed by atoms with Crippen LogP contribution in [0.25, 0.3) is 0 Å². The van der Waals surface area contributed by atoms with Crippen molar-refractivity contribution in [3.63, 3.8) is 0 Å². The number of nitrogens with two attached hydrogens (primary N) is 1. The zero-order valence-electron chi connectivity index (χ0n) is 9.17. The molecule has 0 aromatic heterocycles. The minimum atomic E-state index is -0.720. The molecule has 4 N–H and O–H groups in total. The quantitative estimate of drug-likeness (QED) is 0.801. The Balaban J connectivity index is 3.28. The number of phenols is 1.